The van der Waals surface area contributed by atoms with Crippen molar-refractivity contribution in [1.29, 1.82) is 0 Å². The van der Waals surface area contributed by atoms with Crippen molar-refractivity contribution >= 4 is 33.2 Å². The Balaban J connectivity index is 2.21. The van der Waals surface area contributed by atoms with Crippen LogP contribution in [0.25, 0.3) is 0 Å². The second-order valence-electron chi connectivity index (χ2n) is 3.59. The average molecular weight is 310 g/mol. The van der Waals surface area contributed by atoms with Gasteiger partial charge >= 0.3 is 0 Å². The molecule has 0 bridgehead atoms. The number of anilines is 2. The van der Waals surface area contributed by atoms with Gasteiger partial charge in [-0.3, -0.25) is 9.48 Å². The molecule has 2 aromatic heterocycles. The van der Waals surface area contributed by atoms with Gasteiger partial charge in [0.2, 0.25) is 0 Å². The first kappa shape index (κ1) is 12.6. The summed E-state index contributed by atoms with van der Waals surface area (Å²) in [5.74, 6) is -0.295. The number of amides is 1. The fourth-order valence-corrected chi connectivity index (χ4v) is 1.76. The Labute approximate surface area is 112 Å². The molecule has 3 N–H and O–H groups in total. The van der Waals surface area contributed by atoms with Crippen LogP contribution >= 0.6 is 15.9 Å². The van der Waals surface area contributed by atoms with E-state index in [-0.39, 0.29) is 5.91 Å². The highest BCUT2D eigenvalue weighted by Crippen LogP contribution is 2.15. The minimum atomic E-state index is -0.295. The van der Waals surface area contributed by atoms with Gasteiger partial charge < -0.3 is 11.1 Å². The number of hydrogen-bond donors (Lipinski definition) is 2. The van der Waals surface area contributed by atoms with Crippen molar-refractivity contribution in [3.63, 3.8) is 0 Å². The van der Waals surface area contributed by atoms with Gasteiger partial charge in [-0.15, -0.1) is 0 Å². The third-order valence-electron chi connectivity index (χ3n) is 2.37. The number of rotatable bonds is 3. The zero-order valence-corrected chi connectivity index (χ0v) is 11.3. The molecule has 7 heteroatoms. The summed E-state index contributed by atoms with van der Waals surface area (Å²) in [6.45, 7) is 2.48. The zero-order chi connectivity index (χ0) is 13.1. The Morgan fingerprint density at radius 1 is 1.50 bits per heavy atom. The van der Waals surface area contributed by atoms with Crippen LogP contribution < -0.4 is 11.1 Å². The third-order valence-corrected chi connectivity index (χ3v) is 2.84. The molecule has 1 amide bonds. The number of aromatic nitrogens is 3. The van der Waals surface area contributed by atoms with Gasteiger partial charge in [0.15, 0.2) is 0 Å². The SMILES string of the molecule is CCn1ncc(N)c1C(=O)Nc1ccc(Br)nc1. The largest absolute Gasteiger partial charge is 0.396 e. The fourth-order valence-electron chi connectivity index (χ4n) is 1.53. The number of carbonyl (C=O) groups excluding carboxylic acids is 1. The van der Waals surface area contributed by atoms with Crippen LogP contribution in [-0.2, 0) is 6.54 Å². The highest BCUT2D eigenvalue weighted by molar-refractivity contribution is 9.10. The standard InChI is InChI=1S/C11H12BrN5O/c1-2-17-10(8(13)6-15-17)11(18)16-7-3-4-9(12)14-5-7/h3-6H,2,13H2,1H3,(H,16,18). The summed E-state index contributed by atoms with van der Waals surface area (Å²) in [6, 6.07) is 3.49. The average Bonchev–Trinajstić information content (AvgIpc) is 2.73. The van der Waals surface area contributed by atoms with E-state index < -0.39 is 0 Å². The Morgan fingerprint density at radius 2 is 2.28 bits per heavy atom. The molecule has 0 aromatic carbocycles. The first-order valence-corrected chi connectivity index (χ1v) is 6.15. The first-order valence-electron chi connectivity index (χ1n) is 5.36. The minimum absolute atomic E-state index is 0.295. The van der Waals surface area contributed by atoms with Crippen LogP contribution in [0.1, 0.15) is 17.4 Å². The molecule has 2 aromatic rings. The van der Waals surface area contributed by atoms with Gasteiger partial charge in [-0.2, -0.15) is 5.10 Å². The number of halogens is 1. The highest BCUT2D eigenvalue weighted by atomic mass is 79.9. The molecule has 0 aliphatic rings. The van der Waals surface area contributed by atoms with E-state index in [0.29, 0.717) is 28.2 Å². The van der Waals surface area contributed by atoms with Crippen LogP contribution in [0.5, 0.6) is 0 Å². The Morgan fingerprint density at radius 3 is 2.89 bits per heavy atom. The molecule has 2 rings (SSSR count). The van der Waals surface area contributed by atoms with Gasteiger partial charge in [0.25, 0.3) is 5.91 Å². The van der Waals surface area contributed by atoms with Crippen molar-refractivity contribution in [3.05, 3.63) is 34.8 Å². The van der Waals surface area contributed by atoms with Crippen molar-refractivity contribution < 1.29 is 4.79 Å². The van der Waals surface area contributed by atoms with E-state index in [0.717, 1.165) is 0 Å². The van der Waals surface area contributed by atoms with Crippen LogP contribution in [0.4, 0.5) is 11.4 Å². The molecule has 6 nitrogen and oxygen atoms in total. The maximum atomic E-state index is 12.1. The summed E-state index contributed by atoms with van der Waals surface area (Å²) >= 11 is 3.23. The van der Waals surface area contributed by atoms with Crippen molar-refractivity contribution in [1.82, 2.24) is 14.8 Å². The number of pyridine rings is 1. The summed E-state index contributed by atoms with van der Waals surface area (Å²) in [5, 5.41) is 6.74. The second-order valence-corrected chi connectivity index (χ2v) is 4.40. The quantitative estimate of drug-likeness (QED) is 0.848. The molecular weight excluding hydrogens is 298 g/mol. The molecule has 0 saturated carbocycles. The Kier molecular flexibility index (Phi) is 3.61. The smallest absolute Gasteiger partial charge is 0.276 e. The lowest BCUT2D eigenvalue weighted by Gasteiger charge is -2.07. The summed E-state index contributed by atoms with van der Waals surface area (Å²) in [4.78, 5) is 16.1. The zero-order valence-electron chi connectivity index (χ0n) is 9.72. The summed E-state index contributed by atoms with van der Waals surface area (Å²) in [5.41, 5.74) is 7.05. The predicted octanol–water partition coefficient (Wildman–Crippen LogP) is 1.89. The Hall–Kier alpha value is -1.89. The van der Waals surface area contributed by atoms with E-state index in [1.165, 1.54) is 6.20 Å². The molecule has 0 spiro atoms. The van der Waals surface area contributed by atoms with E-state index >= 15 is 0 Å². The number of nitrogens with two attached hydrogens (primary N) is 1. The fraction of sp³-hybridized carbons (Fsp3) is 0.182. The van der Waals surface area contributed by atoms with E-state index in [4.69, 9.17) is 5.73 Å². The molecule has 0 fully saturated rings. The van der Waals surface area contributed by atoms with E-state index in [9.17, 15) is 4.79 Å². The van der Waals surface area contributed by atoms with E-state index in [1.807, 2.05) is 6.92 Å². The number of carbonyl (C=O) groups is 1. The van der Waals surface area contributed by atoms with Gasteiger partial charge in [0.1, 0.15) is 10.3 Å². The predicted molar refractivity (Wildman–Crippen MR) is 72.2 cm³/mol. The molecule has 0 saturated heterocycles. The molecule has 2 heterocycles. The van der Waals surface area contributed by atoms with Gasteiger partial charge in [0, 0.05) is 6.54 Å². The van der Waals surface area contributed by atoms with Crippen molar-refractivity contribution in [3.8, 4) is 0 Å². The lowest BCUT2D eigenvalue weighted by Crippen LogP contribution is -2.18. The maximum Gasteiger partial charge on any atom is 0.276 e. The molecule has 0 aliphatic heterocycles. The van der Waals surface area contributed by atoms with Crippen LogP contribution in [-0.4, -0.2) is 20.7 Å². The molecule has 0 radical (unpaired) electrons. The van der Waals surface area contributed by atoms with Crippen LogP contribution in [0, 0.1) is 0 Å². The van der Waals surface area contributed by atoms with Gasteiger partial charge in [0.05, 0.1) is 23.8 Å². The van der Waals surface area contributed by atoms with Gasteiger partial charge in [-0.05, 0) is 35.0 Å². The molecule has 0 unspecified atom stereocenters. The van der Waals surface area contributed by atoms with Crippen molar-refractivity contribution in [2.24, 2.45) is 0 Å². The number of nitrogen functional groups attached to an aromatic ring is 1. The number of nitrogens with zero attached hydrogens (tertiary/aromatic N) is 3. The minimum Gasteiger partial charge on any atom is -0.396 e. The topological polar surface area (TPSA) is 85.8 Å². The first-order chi connectivity index (χ1) is 8.61. The van der Waals surface area contributed by atoms with E-state index in [2.05, 4.69) is 31.3 Å². The summed E-state index contributed by atoms with van der Waals surface area (Å²) in [7, 11) is 0. The number of aryl methyl sites for hydroxylation is 1. The lowest BCUT2D eigenvalue weighted by atomic mass is 10.3. The Bertz CT molecular complexity index is 563. The van der Waals surface area contributed by atoms with Crippen LogP contribution in [0.3, 0.4) is 0 Å². The molecule has 18 heavy (non-hydrogen) atoms. The molecule has 94 valence electrons. The van der Waals surface area contributed by atoms with Crippen molar-refractivity contribution in [2.45, 2.75) is 13.5 Å². The highest BCUT2D eigenvalue weighted by Gasteiger charge is 2.16. The lowest BCUT2D eigenvalue weighted by molar-refractivity contribution is 0.101. The van der Waals surface area contributed by atoms with Gasteiger partial charge in [-0.1, -0.05) is 0 Å². The molecule has 0 aliphatic carbocycles. The monoisotopic (exact) mass is 309 g/mol. The normalized spacial score (nSPS) is 10.3. The summed E-state index contributed by atoms with van der Waals surface area (Å²) in [6.07, 6.45) is 3.03. The second kappa shape index (κ2) is 5.18. The van der Waals surface area contributed by atoms with Crippen LogP contribution in [0.15, 0.2) is 29.1 Å². The van der Waals surface area contributed by atoms with Crippen LogP contribution in [0.2, 0.25) is 0 Å². The maximum absolute atomic E-state index is 12.1. The van der Waals surface area contributed by atoms with Crippen molar-refractivity contribution in [2.75, 3.05) is 11.1 Å². The van der Waals surface area contributed by atoms with E-state index in [1.54, 1.807) is 23.0 Å². The molecule has 0 atom stereocenters. The summed E-state index contributed by atoms with van der Waals surface area (Å²) < 4.78 is 2.26. The van der Waals surface area contributed by atoms with Gasteiger partial charge in [-0.25, -0.2) is 4.98 Å². The number of hydrogen-bond acceptors (Lipinski definition) is 4. The number of nitrogens with one attached hydrogen (secondary N) is 1. The molecular formula is C11H12BrN5O. The third kappa shape index (κ3) is 2.51.